The third kappa shape index (κ3) is 2.85. The predicted molar refractivity (Wildman–Crippen MR) is 108 cm³/mol. The molecule has 1 N–H and O–H groups in total. The normalized spacial score (nSPS) is 49.0. The van der Waals surface area contributed by atoms with Crippen molar-refractivity contribution in [3.63, 3.8) is 0 Å². The summed E-state index contributed by atoms with van der Waals surface area (Å²) in [6.07, 6.45) is 15.7. The molecule has 150 valence electrons. The average Bonchev–Trinajstić information content (AvgIpc) is 2.96. The van der Waals surface area contributed by atoms with Gasteiger partial charge in [0.05, 0.1) is 0 Å². The molecule has 4 fully saturated rings. The Morgan fingerprint density at radius 2 is 1.77 bits per heavy atom. The van der Waals surface area contributed by atoms with Gasteiger partial charge in [0.2, 0.25) is 0 Å². The Morgan fingerprint density at radius 1 is 1.00 bits per heavy atom. The predicted octanol–water partition coefficient (Wildman–Crippen LogP) is 6.78. The highest BCUT2D eigenvalue weighted by molar-refractivity contribution is 5.66. The van der Waals surface area contributed by atoms with Crippen molar-refractivity contribution in [3.8, 4) is 0 Å². The van der Waals surface area contributed by atoms with Crippen LogP contribution >= 0.6 is 0 Å². The number of carbonyl (C=O) groups is 1. The standard InChI is InChI=1S/C24H40O2.H2/c1-16(7-12-22(25)26)19-10-11-20-18-9-8-17-6-4-5-14-23(17,2)21(18)13-15-24(19,20)3;/h16-21H,4-15H2,1-3H3,(H,25,26);1H/t16-,17?,18?,19?,20?,21?,23?,24?;/m1./s1. The van der Waals surface area contributed by atoms with Crippen LogP contribution in [0, 0.1) is 46.3 Å². The summed E-state index contributed by atoms with van der Waals surface area (Å²) < 4.78 is 0. The van der Waals surface area contributed by atoms with E-state index in [9.17, 15) is 4.79 Å². The van der Waals surface area contributed by atoms with Gasteiger partial charge in [-0.15, -0.1) is 0 Å². The van der Waals surface area contributed by atoms with E-state index in [1.807, 2.05) is 0 Å². The van der Waals surface area contributed by atoms with E-state index in [1.54, 1.807) is 0 Å². The van der Waals surface area contributed by atoms with E-state index in [1.165, 1.54) is 64.2 Å². The molecular weight excluding hydrogens is 320 g/mol. The van der Waals surface area contributed by atoms with Crippen molar-refractivity contribution in [1.29, 1.82) is 0 Å². The van der Waals surface area contributed by atoms with Crippen LogP contribution in [0.4, 0.5) is 0 Å². The molecule has 8 atom stereocenters. The largest absolute Gasteiger partial charge is 0.481 e. The number of carboxylic acid groups (broad SMARTS) is 1. The molecule has 0 aromatic carbocycles. The molecule has 0 aromatic heterocycles. The Bertz CT molecular complexity index is 548. The van der Waals surface area contributed by atoms with Crippen LogP contribution in [0.5, 0.6) is 0 Å². The van der Waals surface area contributed by atoms with Gasteiger partial charge >= 0.3 is 5.97 Å². The third-order valence-corrected chi connectivity index (χ3v) is 10.2. The number of hydrogen-bond donors (Lipinski definition) is 1. The lowest BCUT2D eigenvalue weighted by molar-refractivity contribution is -0.137. The zero-order valence-electron chi connectivity index (χ0n) is 17.3. The van der Waals surface area contributed by atoms with Gasteiger partial charge in [-0.2, -0.15) is 0 Å². The van der Waals surface area contributed by atoms with Crippen LogP contribution in [-0.4, -0.2) is 11.1 Å². The lowest BCUT2D eigenvalue weighted by Crippen LogP contribution is -2.53. The van der Waals surface area contributed by atoms with Crippen molar-refractivity contribution in [1.82, 2.24) is 0 Å². The number of rotatable bonds is 4. The fraction of sp³-hybridized carbons (Fsp3) is 0.958. The minimum atomic E-state index is -0.621. The molecule has 26 heavy (non-hydrogen) atoms. The van der Waals surface area contributed by atoms with Crippen LogP contribution in [-0.2, 0) is 4.79 Å². The van der Waals surface area contributed by atoms with Gasteiger partial charge < -0.3 is 5.11 Å². The van der Waals surface area contributed by atoms with Gasteiger partial charge in [-0.1, -0.05) is 33.6 Å². The van der Waals surface area contributed by atoms with E-state index < -0.39 is 5.97 Å². The van der Waals surface area contributed by atoms with Crippen LogP contribution in [0.3, 0.4) is 0 Å². The number of carboxylic acids is 1. The van der Waals surface area contributed by atoms with Crippen LogP contribution in [0.1, 0.15) is 99.2 Å². The van der Waals surface area contributed by atoms with Gasteiger partial charge in [0.25, 0.3) is 0 Å². The zero-order chi connectivity index (χ0) is 18.5. The van der Waals surface area contributed by atoms with E-state index >= 15 is 0 Å². The number of hydrogen-bond acceptors (Lipinski definition) is 1. The average molecular weight is 363 g/mol. The second-order valence-electron chi connectivity index (χ2n) is 11.0. The highest BCUT2D eigenvalue weighted by atomic mass is 16.4. The quantitative estimate of drug-likeness (QED) is 0.598. The maximum atomic E-state index is 11.0. The van der Waals surface area contributed by atoms with Crippen molar-refractivity contribution in [2.75, 3.05) is 0 Å². The lowest BCUT2D eigenvalue weighted by Gasteiger charge is -2.61. The summed E-state index contributed by atoms with van der Waals surface area (Å²) in [6, 6.07) is 0. The highest BCUT2D eigenvalue weighted by Crippen LogP contribution is 2.68. The molecule has 2 heteroatoms. The first-order valence-electron chi connectivity index (χ1n) is 11.6. The first kappa shape index (κ1) is 18.8. The topological polar surface area (TPSA) is 37.3 Å². The van der Waals surface area contributed by atoms with Crippen molar-refractivity contribution in [2.45, 2.75) is 97.8 Å². The molecular formula is C24H42O2. The molecule has 2 nitrogen and oxygen atoms in total. The molecule has 0 spiro atoms. The van der Waals surface area contributed by atoms with E-state index in [2.05, 4.69) is 20.8 Å². The summed E-state index contributed by atoms with van der Waals surface area (Å²) in [4.78, 5) is 11.0. The smallest absolute Gasteiger partial charge is 0.303 e. The summed E-state index contributed by atoms with van der Waals surface area (Å²) in [5.74, 6) is 4.57. The fourth-order valence-electron chi connectivity index (χ4n) is 8.82. The van der Waals surface area contributed by atoms with Gasteiger partial charge in [-0.05, 0) is 104 Å². The van der Waals surface area contributed by atoms with Crippen LogP contribution in [0.25, 0.3) is 0 Å². The Labute approximate surface area is 162 Å². The van der Waals surface area contributed by atoms with Gasteiger partial charge in [0.15, 0.2) is 0 Å². The molecule has 0 aliphatic heterocycles. The third-order valence-electron chi connectivity index (χ3n) is 10.2. The van der Waals surface area contributed by atoms with Crippen LogP contribution in [0.2, 0.25) is 0 Å². The summed E-state index contributed by atoms with van der Waals surface area (Å²) >= 11 is 0. The van der Waals surface area contributed by atoms with Crippen molar-refractivity contribution in [2.24, 2.45) is 46.3 Å². The maximum absolute atomic E-state index is 11.0. The molecule has 0 saturated heterocycles. The van der Waals surface area contributed by atoms with Crippen LogP contribution < -0.4 is 0 Å². The summed E-state index contributed by atoms with van der Waals surface area (Å²) in [6.45, 7) is 7.60. The second kappa shape index (κ2) is 6.82. The summed E-state index contributed by atoms with van der Waals surface area (Å²) in [7, 11) is 0. The molecule has 0 aromatic rings. The minimum absolute atomic E-state index is 0. The summed E-state index contributed by atoms with van der Waals surface area (Å²) in [5, 5.41) is 9.09. The molecule has 4 aliphatic carbocycles. The first-order valence-corrected chi connectivity index (χ1v) is 11.6. The molecule has 4 rings (SSSR count). The second-order valence-corrected chi connectivity index (χ2v) is 11.0. The molecule has 0 bridgehead atoms. The summed E-state index contributed by atoms with van der Waals surface area (Å²) in [5.41, 5.74) is 1.12. The van der Waals surface area contributed by atoms with Crippen molar-refractivity contribution >= 4 is 5.97 Å². The highest BCUT2D eigenvalue weighted by Gasteiger charge is 2.60. The SMILES string of the molecule is C[C@H](CCC(=O)O)C1CCC2C3CCC4CCCCC4(C)C3CCC21C.[HH]. The van der Waals surface area contributed by atoms with E-state index in [0.717, 1.165) is 36.0 Å². The fourth-order valence-corrected chi connectivity index (χ4v) is 8.82. The molecule has 0 radical (unpaired) electrons. The number of fused-ring (bicyclic) bond motifs is 5. The Hall–Kier alpha value is -0.530. The molecule has 0 amide bonds. The van der Waals surface area contributed by atoms with Gasteiger partial charge in [-0.25, -0.2) is 0 Å². The monoisotopic (exact) mass is 362 g/mol. The maximum Gasteiger partial charge on any atom is 0.303 e. The van der Waals surface area contributed by atoms with Crippen molar-refractivity contribution < 1.29 is 11.3 Å². The van der Waals surface area contributed by atoms with E-state index in [-0.39, 0.29) is 1.43 Å². The first-order chi connectivity index (χ1) is 12.4. The van der Waals surface area contributed by atoms with E-state index in [4.69, 9.17) is 5.11 Å². The molecule has 7 unspecified atom stereocenters. The Kier molecular flexibility index (Phi) is 4.93. The Balaban J connectivity index is 0.00000210. The van der Waals surface area contributed by atoms with Gasteiger partial charge in [0, 0.05) is 7.85 Å². The van der Waals surface area contributed by atoms with Crippen molar-refractivity contribution in [3.05, 3.63) is 0 Å². The zero-order valence-corrected chi connectivity index (χ0v) is 17.3. The molecule has 0 heterocycles. The van der Waals surface area contributed by atoms with Gasteiger partial charge in [0.1, 0.15) is 0 Å². The van der Waals surface area contributed by atoms with Crippen LogP contribution in [0.15, 0.2) is 0 Å². The molecule has 4 aliphatic rings. The minimum Gasteiger partial charge on any atom is -0.481 e. The number of aliphatic carboxylic acids is 1. The van der Waals surface area contributed by atoms with E-state index in [0.29, 0.717) is 23.2 Å². The Morgan fingerprint density at radius 3 is 2.54 bits per heavy atom. The molecule has 4 saturated carbocycles. The van der Waals surface area contributed by atoms with Gasteiger partial charge in [-0.3, -0.25) is 4.79 Å². The lowest BCUT2D eigenvalue weighted by atomic mass is 9.44.